The third kappa shape index (κ3) is 2.25. The third-order valence-electron chi connectivity index (χ3n) is 2.40. The molecule has 2 atom stereocenters. The van der Waals surface area contributed by atoms with Crippen LogP contribution in [0.3, 0.4) is 0 Å². The van der Waals surface area contributed by atoms with E-state index >= 15 is 0 Å². The maximum absolute atomic E-state index is 10.9. The summed E-state index contributed by atoms with van der Waals surface area (Å²) >= 11 is 3.99. The average molecular weight is 210 g/mol. The molecule has 0 heterocycles. The fourth-order valence-corrected chi connectivity index (χ4v) is 2.43. The summed E-state index contributed by atoms with van der Waals surface area (Å²) in [5.41, 5.74) is 0. The van der Waals surface area contributed by atoms with Gasteiger partial charge in [-0.25, -0.2) is 0 Å². The monoisotopic (exact) mass is 210 g/mol. The van der Waals surface area contributed by atoms with Gasteiger partial charge in [0.2, 0.25) is 0 Å². The molecule has 0 radical (unpaired) electrons. The molecule has 0 rings (SSSR count). The molecule has 0 saturated carbocycles. The highest BCUT2D eigenvalue weighted by Crippen LogP contribution is 2.53. The van der Waals surface area contributed by atoms with Crippen molar-refractivity contribution in [2.75, 3.05) is 0 Å². The normalized spacial score (nSPS) is 20.2. The molecule has 0 aliphatic heterocycles. The SMILES string of the molecule is CCC(C)C(S)(CC)P(=O)([O-])[O-]. The summed E-state index contributed by atoms with van der Waals surface area (Å²) < 4.78 is 9.51. The highest BCUT2D eigenvalue weighted by Gasteiger charge is 2.32. The summed E-state index contributed by atoms with van der Waals surface area (Å²) in [6.07, 6.45) is 0.904. The zero-order chi connectivity index (χ0) is 9.99. The number of hydrogen-bond acceptors (Lipinski definition) is 4. The van der Waals surface area contributed by atoms with Crippen LogP contribution in [-0.4, -0.2) is 4.49 Å². The Bertz CT molecular complexity index is 191. The second-order valence-electron chi connectivity index (χ2n) is 3.04. The van der Waals surface area contributed by atoms with Crippen LogP contribution in [0.4, 0.5) is 0 Å². The number of hydrogen-bond donors (Lipinski definition) is 1. The quantitative estimate of drug-likeness (QED) is 0.555. The molecule has 0 amide bonds. The Labute approximate surface area is 79.1 Å². The van der Waals surface area contributed by atoms with E-state index in [1.165, 1.54) is 0 Å². The lowest BCUT2D eigenvalue weighted by Gasteiger charge is -2.49. The van der Waals surface area contributed by atoms with Gasteiger partial charge < -0.3 is 14.4 Å². The van der Waals surface area contributed by atoms with Crippen molar-refractivity contribution < 1.29 is 14.4 Å². The van der Waals surface area contributed by atoms with Crippen LogP contribution in [0.5, 0.6) is 0 Å². The van der Waals surface area contributed by atoms with Crippen LogP contribution in [0.2, 0.25) is 0 Å². The van der Waals surface area contributed by atoms with E-state index in [1.807, 2.05) is 6.92 Å². The van der Waals surface area contributed by atoms with Gasteiger partial charge in [-0.15, -0.1) is 0 Å². The minimum Gasteiger partial charge on any atom is -0.810 e. The second-order valence-corrected chi connectivity index (χ2v) is 5.98. The molecule has 0 N–H and O–H groups in total. The fourth-order valence-electron chi connectivity index (χ4n) is 1.14. The van der Waals surface area contributed by atoms with Gasteiger partial charge in [0.1, 0.15) is 0 Å². The maximum atomic E-state index is 10.9. The van der Waals surface area contributed by atoms with Crippen molar-refractivity contribution in [1.29, 1.82) is 0 Å². The summed E-state index contributed by atoms with van der Waals surface area (Å²) in [4.78, 5) is 21.8. The zero-order valence-corrected chi connectivity index (χ0v) is 9.40. The van der Waals surface area contributed by atoms with E-state index < -0.39 is 12.1 Å². The van der Waals surface area contributed by atoms with Crippen LogP contribution < -0.4 is 9.79 Å². The molecule has 0 bridgehead atoms. The van der Waals surface area contributed by atoms with E-state index in [1.54, 1.807) is 13.8 Å². The van der Waals surface area contributed by atoms with Crippen LogP contribution >= 0.6 is 20.2 Å². The van der Waals surface area contributed by atoms with Gasteiger partial charge in [0.15, 0.2) is 0 Å². The van der Waals surface area contributed by atoms with Gasteiger partial charge in [-0.3, -0.25) is 0 Å². The molecule has 0 aromatic carbocycles. The highest BCUT2D eigenvalue weighted by molar-refractivity contribution is 7.90. The van der Waals surface area contributed by atoms with Gasteiger partial charge in [-0.05, 0) is 12.3 Å². The molecular weight excluding hydrogens is 195 g/mol. The third-order valence-corrected chi connectivity index (χ3v) is 5.59. The van der Waals surface area contributed by atoms with Gasteiger partial charge in [0.25, 0.3) is 0 Å². The van der Waals surface area contributed by atoms with E-state index in [0.29, 0.717) is 6.42 Å². The van der Waals surface area contributed by atoms with Gasteiger partial charge >= 0.3 is 0 Å². The second kappa shape index (κ2) is 4.14. The summed E-state index contributed by atoms with van der Waals surface area (Å²) in [6, 6.07) is 0. The average Bonchev–Trinajstić information content (AvgIpc) is 1.99. The Morgan fingerprint density at radius 3 is 2.00 bits per heavy atom. The van der Waals surface area contributed by atoms with Crippen molar-refractivity contribution in [2.24, 2.45) is 5.92 Å². The van der Waals surface area contributed by atoms with Crippen LogP contribution in [0.25, 0.3) is 0 Å². The number of rotatable bonds is 4. The van der Waals surface area contributed by atoms with Crippen molar-refractivity contribution >= 4 is 20.2 Å². The van der Waals surface area contributed by atoms with E-state index in [0.717, 1.165) is 0 Å². The smallest absolute Gasteiger partial charge is 0.0426 e. The Hall–Kier alpha value is 0.500. The van der Waals surface area contributed by atoms with E-state index in [9.17, 15) is 14.4 Å². The lowest BCUT2D eigenvalue weighted by Crippen LogP contribution is -2.39. The van der Waals surface area contributed by atoms with Crippen molar-refractivity contribution in [2.45, 2.75) is 38.1 Å². The predicted octanol–water partition coefficient (Wildman–Crippen LogP) is 0.982. The van der Waals surface area contributed by atoms with Gasteiger partial charge in [0.05, 0.1) is 0 Å². The number of thiol groups is 1. The first kappa shape index (κ1) is 12.5. The lowest BCUT2D eigenvalue weighted by molar-refractivity contribution is -0.319. The van der Waals surface area contributed by atoms with Crippen molar-refractivity contribution in [1.82, 2.24) is 0 Å². The Kier molecular flexibility index (Phi) is 4.31. The zero-order valence-electron chi connectivity index (χ0n) is 7.61. The highest BCUT2D eigenvalue weighted by atomic mass is 32.1. The molecule has 0 spiro atoms. The van der Waals surface area contributed by atoms with Crippen molar-refractivity contribution in [3.8, 4) is 0 Å². The molecule has 0 aromatic heterocycles. The molecule has 0 aromatic rings. The Morgan fingerprint density at radius 2 is 1.92 bits per heavy atom. The van der Waals surface area contributed by atoms with Crippen LogP contribution in [-0.2, 0) is 4.57 Å². The lowest BCUT2D eigenvalue weighted by atomic mass is 10.0. The summed E-state index contributed by atoms with van der Waals surface area (Å²) in [5.74, 6) is -0.202. The Morgan fingerprint density at radius 1 is 1.50 bits per heavy atom. The van der Waals surface area contributed by atoms with E-state index in [-0.39, 0.29) is 12.3 Å². The first-order valence-corrected chi connectivity index (χ1v) is 6.03. The summed E-state index contributed by atoms with van der Waals surface area (Å²) in [7, 11) is -4.60. The van der Waals surface area contributed by atoms with Crippen molar-refractivity contribution in [3.63, 3.8) is 0 Å². The van der Waals surface area contributed by atoms with E-state index in [2.05, 4.69) is 12.6 Å². The molecule has 0 aliphatic rings. The Balaban J connectivity index is 4.80. The minimum atomic E-state index is -4.60. The van der Waals surface area contributed by atoms with Crippen LogP contribution in [0.15, 0.2) is 0 Å². The molecule has 2 unspecified atom stereocenters. The van der Waals surface area contributed by atoms with Gasteiger partial charge in [-0.1, -0.05) is 34.8 Å². The maximum Gasteiger partial charge on any atom is 0.0426 e. The van der Waals surface area contributed by atoms with E-state index in [4.69, 9.17) is 0 Å². The first-order valence-electron chi connectivity index (χ1n) is 4.04. The molecule has 0 fully saturated rings. The van der Waals surface area contributed by atoms with Crippen LogP contribution in [0.1, 0.15) is 33.6 Å². The summed E-state index contributed by atoms with van der Waals surface area (Å²) in [5, 5.41) is 0. The molecule has 5 heteroatoms. The predicted molar refractivity (Wildman–Crippen MR) is 49.1 cm³/mol. The molecule has 74 valence electrons. The molecular formula is C7H15O3PS-2. The molecule has 0 saturated heterocycles. The van der Waals surface area contributed by atoms with Crippen molar-refractivity contribution in [3.05, 3.63) is 0 Å². The first-order chi connectivity index (χ1) is 5.29. The van der Waals surface area contributed by atoms with Gasteiger partial charge in [-0.2, -0.15) is 12.6 Å². The summed E-state index contributed by atoms with van der Waals surface area (Å²) in [6.45, 7) is 5.25. The van der Waals surface area contributed by atoms with Gasteiger partial charge in [0, 0.05) is 4.49 Å². The molecule has 12 heavy (non-hydrogen) atoms. The topological polar surface area (TPSA) is 63.2 Å². The van der Waals surface area contributed by atoms with Crippen LogP contribution in [0, 0.1) is 5.92 Å². The minimum absolute atomic E-state index is 0.202. The molecule has 3 nitrogen and oxygen atoms in total. The molecule has 0 aliphatic carbocycles. The standard InChI is InChI=1S/C7H17O3PS/c1-4-6(3)7(12,5-2)11(8,9)10/h6,12H,4-5H2,1-3H3,(H2,8,9,10)/p-2. The fraction of sp³-hybridized carbons (Fsp3) is 1.00. The largest absolute Gasteiger partial charge is 0.810 e.